The predicted molar refractivity (Wildman–Crippen MR) is 78.3 cm³/mol. The lowest BCUT2D eigenvalue weighted by atomic mass is 10.1. The molecule has 2 aromatic carbocycles. The van der Waals surface area contributed by atoms with Gasteiger partial charge in [-0.3, -0.25) is 10.1 Å². The van der Waals surface area contributed by atoms with E-state index in [1.165, 1.54) is 12.7 Å². The van der Waals surface area contributed by atoms with E-state index in [0.717, 1.165) is 6.42 Å². The third kappa shape index (κ3) is 3.26. The van der Waals surface area contributed by atoms with Crippen molar-refractivity contribution in [3.05, 3.63) is 64.2 Å². The van der Waals surface area contributed by atoms with Crippen molar-refractivity contribution < 1.29 is 9.66 Å². The standard InChI is InChI=1S/C15H16N2O3/c1-20-14-9-5-8-13(15(14)17(18)19)16-11-10-12-6-3-2-4-7-12/h2-9,16H,10-11H2,1H3. The molecule has 5 nitrogen and oxygen atoms in total. The molecule has 0 fully saturated rings. The maximum absolute atomic E-state index is 11.1. The lowest BCUT2D eigenvalue weighted by Crippen LogP contribution is -2.07. The fourth-order valence-electron chi connectivity index (χ4n) is 2.00. The molecule has 0 radical (unpaired) electrons. The van der Waals surface area contributed by atoms with Crippen molar-refractivity contribution in [2.75, 3.05) is 19.0 Å². The van der Waals surface area contributed by atoms with E-state index in [0.29, 0.717) is 12.2 Å². The van der Waals surface area contributed by atoms with Gasteiger partial charge in [0, 0.05) is 6.54 Å². The molecule has 104 valence electrons. The molecule has 0 aliphatic rings. The summed E-state index contributed by atoms with van der Waals surface area (Å²) in [4.78, 5) is 10.7. The summed E-state index contributed by atoms with van der Waals surface area (Å²) in [6, 6.07) is 15.0. The number of ether oxygens (including phenoxy) is 1. The van der Waals surface area contributed by atoms with E-state index in [4.69, 9.17) is 4.74 Å². The molecule has 0 heterocycles. The molecule has 2 aromatic rings. The highest BCUT2D eigenvalue weighted by molar-refractivity contribution is 5.68. The van der Waals surface area contributed by atoms with E-state index in [2.05, 4.69) is 5.32 Å². The second-order valence-electron chi connectivity index (χ2n) is 4.28. The largest absolute Gasteiger partial charge is 0.490 e. The maximum Gasteiger partial charge on any atom is 0.333 e. The molecule has 2 rings (SSSR count). The van der Waals surface area contributed by atoms with Crippen LogP contribution in [-0.4, -0.2) is 18.6 Å². The fraction of sp³-hybridized carbons (Fsp3) is 0.200. The van der Waals surface area contributed by atoms with Gasteiger partial charge in [0.25, 0.3) is 0 Å². The quantitative estimate of drug-likeness (QED) is 0.647. The summed E-state index contributed by atoms with van der Waals surface area (Å²) in [6.45, 7) is 0.623. The molecule has 20 heavy (non-hydrogen) atoms. The van der Waals surface area contributed by atoms with Crippen molar-refractivity contribution in [3.63, 3.8) is 0 Å². The number of hydrogen-bond acceptors (Lipinski definition) is 4. The minimum atomic E-state index is -0.427. The predicted octanol–water partition coefficient (Wildman–Crippen LogP) is 3.26. The SMILES string of the molecule is COc1cccc(NCCc2ccccc2)c1[N+](=O)[O-]. The summed E-state index contributed by atoms with van der Waals surface area (Å²) in [7, 11) is 1.43. The Hall–Kier alpha value is -2.56. The fourth-order valence-corrected chi connectivity index (χ4v) is 2.00. The molecule has 0 spiro atoms. The Kier molecular flexibility index (Phi) is 4.55. The van der Waals surface area contributed by atoms with Crippen LogP contribution in [0.5, 0.6) is 5.75 Å². The molecule has 0 bridgehead atoms. The maximum atomic E-state index is 11.1. The molecule has 0 amide bonds. The summed E-state index contributed by atoms with van der Waals surface area (Å²) in [6.07, 6.45) is 0.801. The highest BCUT2D eigenvalue weighted by Crippen LogP contribution is 2.34. The van der Waals surface area contributed by atoms with E-state index in [1.807, 2.05) is 30.3 Å². The third-order valence-electron chi connectivity index (χ3n) is 2.97. The van der Waals surface area contributed by atoms with Crippen LogP contribution >= 0.6 is 0 Å². The number of rotatable bonds is 6. The Morgan fingerprint density at radius 1 is 1.15 bits per heavy atom. The third-order valence-corrected chi connectivity index (χ3v) is 2.97. The smallest absolute Gasteiger partial charge is 0.333 e. The minimum absolute atomic E-state index is 0.0249. The Labute approximate surface area is 117 Å². The summed E-state index contributed by atoms with van der Waals surface area (Å²) < 4.78 is 5.03. The molecule has 1 N–H and O–H groups in total. The number of nitro groups is 1. The number of hydrogen-bond donors (Lipinski definition) is 1. The average molecular weight is 272 g/mol. The molecule has 0 unspecified atom stereocenters. The molecule has 5 heteroatoms. The first-order chi connectivity index (χ1) is 9.72. The van der Waals surface area contributed by atoms with Gasteiger partial charge in [-0.25, -0.2) is 0 Å². The van der Waals surface area contributed by atoms with Gasteiger partial charge in [0.2, 0.25) is 0 Å². The van der Waals surface area contributed by atoms with Gasteiger partial charge in [-0.2, -0.15) is 0 Å². The average Bonchev–Trinajstić information content (AvgIpc) is 2.47. The molecular weight excluding hydrogens is 256 g/mol. The second-order valence-corrected chi connectivity index (χ2v) is 4.28. The first kappa shape index (κ1) is 13.9. The van der Waals surface area contributed by atoms with E-state index in [-0.39, 0.29) is 11.4 Å². The Morgan fingerprint density at radius 2 is 1.90 bits per heavy atom. The van der Waals surface area contributed by atoms with Crippen molar-refractivity contribution >= 4 is 11.4 Å². The molecule has 0 saturated carbocycles. The molecule has 0 aromatic heterocycles. The van der Waals surface area contributed by atoms with E-state index < -0.39 is 4.92 Å². The number of nitrogens with one attached hydrogen (secondary N) is 1. The van der Waals surface area contributed by atoms with Gasteiger partial charge in [0.1, 0.15) is 5.69 Å². The van der Waals surface area contributed by atoms with Crippen molar-refractivity contribution in [2.24, 2.45) is 0 Å². The van der Waals surface area contributed by atoms with Crippen LogP contribution in [0, 0.1) is 10.1 Å². The van der Waals surface area contributed by atoms with Crippen molar-refractivity contribution in [3.8, 4) is 5.75 Å². The lowest BCUT2D eigenvalue weighted by molar-refractivity contribution is -0.384. The molecule has 0 atom stereocenters. The van der Waals surface area contributed by atoms with Crippen LogP contribution < -0.4 is 10.1 Å². The van der Waals surface area contributed by atoms with Gasteiger partial charge in [-0.15, -0.1) is 0 Å². The minimum Gasteiger partial charge on any atom is -0.490 e. The van der Waals surface area contributed by atoms with Crippen LogP contribution in [0.15, 0.2) is 48.5 Å². The van der Waals surface area contributed by atoms with Crippen LogP contribution in [-0.2, 0) is 6.42 Å². The summed E-state index contributed by atoms with van der Waals surface area (Å²) in [5.41, 5.74) is 1.64. The number of nitro benzene ring substituents is 1. The van der Waals surface area contributed by atoms with Gasteiger partial charge >= 0.3 is 5.69 Å². The first-order valence-corrected chi connectivity index (χ1v) is 6.31. The highest BCUT2D eigenvalue weighted by atomic mass is 16.6. The van der Waals surface area contributed by atoms with Crippen molar-refractivity contribution in [1.82, 2.24) is 0 Å². The summed E-state index contributed by atoms with van der Waals surface area (Å²) in [5.74, 6) is 0.264. The number of nitrogens with zero attached hydrogens (tertiary/aromatic N) is 1. The second kappa shape index (κ2) is 6.56. The van der Waals surface area contributed by atoms with Gasteiger partial charge in [-0.1, -0.05) is 36.4 Å². The summed E-state index contributed by atoms with van der Waals surface area (Å²) >= 11 is 0. The van der Waals surface area contributed by atoms with E-state index >= 15 is 0 Å². The Balaban J connectivity index is 2.08. The molecule has 0 aliphatic heterocycles. The molecule has 0 aliphatic carbocycles. The van der Waals surface area contributed by atoms with Crippen LogP contribution in [0.2, 0.25) is 0 Å². The van der Waals surface area contributed by atoms with E-state index in [9.17, 15) is 10.1 Å². The topological polar surface area (TPSA) is 64.4 Å². The van der Waals surface area contributed by atoms with Crippen molar-refractivity contribution in [2.45, 2.75) is 6.42 Å². The summed E-state index contributed by atoms with van der Waals surface area (Å²) in [5, 5.41) is 14.2. The zero-order chi connectivity index (χ0) is 14.4. The van der Waals surface area contributed by atoms with Crippen LogP contribution in [0.1, 0.15) is 5.56 Å². The molecular formula is C15H16N2O3. The number of methoxy groups -OCH3 is 1. The Bertz CT molecular complexity index is 585. The normalized spacial score (nSPS) is 10.1. The monoisotopic (exact) mass is 272 g/mol. The van der Waals surface area contributed by atoms with E-state index in [1.54, 1.807) is 18.2 Å². The number of benzene rings is 2. The Morgan fingerprint density at radius 3 is 2.55 bits per heavy atom. The zero-order valence-corrected chi connectivity index (χ0v) is 11.2. The van der Waals surface area contributed by atoms with Gasteiger partial charge in [0.15, 0.2) is 5.75 Å². The van der Waals surface area contributed by atoms with Crippen LogP contribution in [0.3, 0.4) is 0 Å². The van der Waals surface area contributed by atoms with Crippen molar-refractivity contribution in [1.29, 1.82) is 0 Å². The number of anilines is 1. The number of para-hydroxylation sites is 1. The van der Waals surface area contributed by atoms with Gasteiger partial charge < -0.3 is 10.1 Å². The molecule has 0 saturated heterocycles. The highest BCUT2D eigenvalue weighted by Gasteiger charge is 2.19. The lowest BCUT2D eigenvalue weighted by Gasteiger charge is -2.09. The first-order valence-electron chi connectivity index (χ1n) is 6.31. The zero-order valence-electron chi connectivity index (χ0n) is 11.2. The van der Waals surface area contributed by atoms with Crippen LogP contribution in [0.25, 0.3) is 0 Å². The van der Waals surface area contributed by atoms with Gasteiger partial charge in [0.05, 0.1) is 12.0 Å². The van der Waals surface area contributed by atoms with Crippen LogP contribution in [0.4, 0.5) is 11.4 Å². The van der Waals surface area contributed by atoms with Gasteiger partial charge in [-0.05, 0) is 24.1 Å².